The minimum Gasteiger partial charge on any atom is -0.494 e. The van der Waals surface area contributed by atoms with Crippen molar-refractivity contribution >= 4 is 17.4 Å². The van der Waals surface area contributed by atoms with Crippen LogP contribution in [-0.4, -0.2) is 35.7 Å². The van der Waals surface area contributed by atoms with Crippen molar-refractivity contribution in [3.8, 4) is 22.9 Å². The number of thiazole rings is 1. The van der Waals surface area contributed by atoms with Crippen molar-refractivity contribution < 1.29 is 14.3 Å². The number of carbonyl (C=O) groups excluding carboxylic acids is 1. The maximum atomic E-state index is 12.2. The monoisotopic (exact) mass is 447 g/mol. The number of nitriles is 1. The summed E-state index contributed by atoms with van der Waals surface area (Å²) in [5.74, 6) is 1.39. The molecular formula is C25H25N3O3S. The minimum absolute atomic E-state index is 0.243. The van der Waals surface area contributed by atoms with Gasteiger partial charge in [-0.15, -0.1) is 11.3 Å². The molecule has 4 rings (SSSR count). The van der Waals surface area contributed by atoms with E-state index in [-0.39, 0.29) is 6.09 Å². The van der Waals surface area contributed by atoms with Crippen LogP contribution in [0.25, 0.3) is 11.1 Å². The van der Waals surface area contributed by atoms with Gasteiger partial charge in [-0.25, -0.2) is 4.79 Å². The topological polar surface area (TPSA) is 75.5 Å². The molecule has 1 saturated heterocycles. The van der Waals surface area contributed by atoms with Crippen LogP contribution in [0, 0.1) is 17.2 Å². The second kappa shape index (κ2) is 10.8. The minimum atomic E-state index is -0.243. The zero-order chi connectivity index (χ0) is 22.2. The number of hydrogen-bond acceptors (Lipinski definition) is 6. The third-order valence-corrected chi connectivity index (χ3v) is 6.42. The molecule has 6 nitrogen and oxygen atoms in total. The van der Waals surface area contributed by atoms with Gasteiger partial charge in [-0.3, -0.25) is 4.98 Å². The molecule has 0 spiro atoms. The standard InChI is InChI=1S/C25H25N3O3S/c26-15-20-4-6-21(7-5-20)22-2-1-3-23(14-22)30-13-10-19-8-11-28(12-9-19)25(29)31-17-24-16-27-18-32-24/h1-7,14,16,18-19H,8-13,17H2. The molecule has 0 saturated carbocycles. The van der Waals surface area contributed by atoms with Gasteiger partial charge in [0.15, 0.2) is 0 Å². The summed E-state index contributed by atoms with van der Waals surface area (Å²) in [6.07, 6.45) is 4.37. The molecule has 3 aromatic rings. The molecule has 1 aliphatic rings. The van der Waals surface area contributed by atoms with E-state index < -0.39 is 0 Å². The average Bonchev–Trinajstić information content (AvgIpc) is 3.37. The number of rotatable bonds is 7. The second-order valence-electron chi connectivity index (χ2n) is 7.81. The summed E-state index contributed by atoms with van der Waals surface area (Å²) in [7, 11) is 0. The molecule has 32 heavy (non-hydrogen) atoms. The largest absolute Gasteiger partial charge is 0.494 e. The SMILES string of the molecule is N#Cc1ccc(-c2cccc(OCCC3CCN(C(=O)OCc4cncs4)CC3)c2)cc1. The van der Waals surface area contributed by atoms with Crippen molar-refractivity contribution in [1.82, 2.24) is 9.88 Å². The quantitative estimate of drug-likeness (QED) is 0.478. The normalized spacial score (nSPS) is 14.0. The van der Waals surface area contributed by atoms with E-state index in [0.29, 0.717) is 24.7 Å². The fraction of sp³-hybridized carbons (Fsp3) is 0.320. The van der Waals surface area contributed by atoms with E-state index in [4.69, 9.17) is 14.7 Å². The summed E-state index contributed by atoms with van der Waals surface area (Å²) in [6.45, 7) is 2.39. The zero-order valence-electron chi connectivity index (χ0n) is 17.8. The Hall–Kier alpha value is -3.37. The first-order chi connectivity index (χ1) is 15.7. The Morgan fingerprint density at radius 3 is 2.69 bits per heavy atom. The van der Waals surface area contributed by atoms with Crippen molar-refractivity contribution in [2.24, 2.45) is 5.92 Å². The lowest BCUT2D eigenvalue weighted by Crippen LogP contribution is -2.39. The van der Waals surface area contributed by atoms with E-state index in [2.05, 4.69) is 11.1 Å². The van der Waals surface area contributed by atoms with Crippen LogP contribution in [0.5, 0.6) is 5.75 Å². The van der Waals surface area contributed by atoms with Crippen LogP contribution in [0.1, 0.15) is 29.7 Å². The third-order valence-electron chi connectivity index (χ3n) is 5.67. The number of ether oxygens (including phenoxy) is 2. The Balaban J connectivity index is 1.19. The highest BCUT2D eigenvalue weighted by atomic mass is 32.1. The Morgan fingerprint density at radius 2 is 1.97 bits per heavy atom. The number of nitrogens with zero attached hydrogens (tertiary/aromatic N) is 3. The van der Waals surface area contributed by atoms with Crippen LogP contribution in [0.15, 0.2) is 60.2 Å². The highest BCUT2D eigenvalue weighted by Crippen LogP contribution is 2.26. The summed E-state index contributed by atoms with van der Waals surface area (Å²) in [5, 5.41) is 8.95. The predicted molar refractivity (Wildman–Crippen MR) is 123 cm³/mol. The summed E-state index contributed by atoms with van der Waals surface area (Å²) < 4.78 is 11.4. The summed E-state index contributed by atoms with van der Waals surface area (Å²) >= 11 is 1.49. The van der Waals surface area contributed by atoms with Gasteiger partial charge in [-0.1, -0.05) is 24.3 Å². The number of likely N-dealkylation sites (tertiary alicyclic amines) is 1. The van der Waals surface area contributed by atoms with Crippen molar-refractivity contribution in [1.29, 1.82) is 5.26 Å². The van der Waals surface area contributed by atoms with Gasteiger partial charge in [-0.2, -0.15) is 5.26 Å². The molecule has 1 aromatic heterocycles. The number of carbonyl (C=O) groups is 1. The molecule has 2 aromatic carbocycles. The molecule has 2 heterocycles. The van der Waals surface area contributed by atoms with Gasteiger partial charge in [0.2, 0.25) is 0 Å². The van der Waals surface area contributed by atoms with Crippen LogP contribution in [0.3, 0.4) is 0 Å². The lowest BCUT2D eigenvalue weighted by atomic mass is 9.94. The van der Waals surface area contributed by atoms with Crippen molar-refractivity contribution in [2.75, 3.05) is 19.7 Å². The lowest BCUT2D eigenvalue weighted by molar-refractivity contribution is 0.0807. The van der Waals surface area contributed by atoms with Crippen molar-refractivity contribution in [3.05, 3.63) is 70.7 Å². The van der Waals surface area contributed by atoms with Crippen LogP contribution >= 0.6 is 11.3 Å². The van der Waals surface area contributed by atoms with E-state index in [1.165, 1.54) is 11.3 Å². The number of piperidine rings is 1. The lowest BCUT2D eigenvalue weighted by Gasteiger charge is -2.31. The third kappa shape index (κ3) is 5.86. The smallest absolute Gasteiger partial charge is 0.410 e. The van der Waals surface area contributed by atoms with Gasteiger partial charge in [0.05, 0.1) is 28.6 Å². The Bertz CT molecular complexity index is 1050. The predicted octanol–water partition coefficient (Wildman–Crippen LogP) is 5.50. The molecule has 1 amide bonds. The van der Waals surface area contributed by atoms with Crippen molar-refractivity contribution in [3.63, 3.8) is 0 Å². The number of hydrogen-bond donors (Lipinski definition) is 0. The Morgan fingerprint density at radius 1 is 1.16 bits per heavy atom. The van der Waals surface area contributed by atoms with E-state index in [1.807, 2.05) is 48.5 Å². The fourth-order valence-corrected chi connectivity index (χ4v) is 4.29. The molecule has 0 atom stereocenters. The molecule has 1 aliphatic heterocycles. The van der Waals surface area contributed by atoms with E-state index in [9.17, 15) is 4.79 Å². The van der Waals surface area contributed by atoms with Gasteiger partial charge in [0.25, 0.3) is 0 Å². The molecule has 7 heteroatoms. The molecular weight excluding hydrogens is 422 g/mol. The van der Waals surface area contributed by atoms with Crippen LogP contribution in [0.4, 0.5) is 4.79 Å². The Kier molecular flexibility index (Phi) is 7.36. The van der Waals surface area contributed by atoms with E-state index >= 15 is 0 Å². The van der Waals surface area contributed by atoms with Crippen molar-refractivity contribution in [2.45, 2.75) is 25.9 Å². The first-order valence-corrected chi connectivity index (χ1v) is 11.6. The molecule has 0 unspecified atom stereocenters. The van der Waals surface area contributed by atoms with Gasteiger partial charge in [-0.05, 0) is 60.6 Å². The van der Waals surface area contributed by atoms with Gasteiger partial charge in [0.1, 0.15) is 12.4 Å². The molecule has 0 N–H and O–H groups in total. The van der Waals surface area contributed by atoms with Crippen LogP contribution < -0.4 is 4.74 Å². The van der Waals surface area contributed by atoms with Crippen LogP contribution in [0.2, 0.25) is 0 Å². The van der Waals surface area contributed by atoms with E-state index in [1.54, 1.807) is 16.6 Å². The molecule has 0 radical (unpaired) electrons. The van der Waals surface area contributed by atoms with E-state index in [0.717, 1.165) is 54.1 Å². The Labute approximate surface area is 192 Å². The number of benzene rings is 2. The molecule has 0 aliphatic carbocycles. The maximum Gasteiger partial charge on any atom is 0.410 e. The molecule has 0 bridgehead atoms. The molecule has 164 valence electrons. The molecule has 1 fully saturated rings. The van der Waals surface area contributed by atoms with Gasteiger partial charge < -0.3 is 14.4 Å². The summed E-state index contributed by atoms with van der Waals surface area (Å²) in [4.78, 5) is 19.0. The average molecular weight is 448 g/mol. The van der Waals surface area contributed by atoms with Gasteiger partial charge in [0, 0.05) is 19.3 Å². The second-order valence-corrected chi connectivity index (χ2v) is 8.78. The number of aromatic nitrogens is 1. The van der Waals surface area contributed by atoms with Crippen LogP contribution in [-0.2, 0) is 11.3 Å². The first kappa shape index (κ1) is 21.8. The maximum absolute atomic E-state index is 12.2. The summed E-state index contributed by atoms with van der Waals surface area (Å²) in [6, 6.07) is 17.7. The highest BCUT2D eigenvalue weighted by Gasteiger charge is 2.23. The summed E-state index contributed by atoms with van der Waals surface area (Å²) in [5.41, 5.74) is 4.52. The first-order valence-electron chi connectivity index (χ1n) is 10.7. The number of amides is 1. The zero-order valence-corrected chi connectivity index (χ0v) is 18.6. The fourth-order valence-electron chi connectivity index (χ4n) is 3.79. The van der Waals surface area contributed by atoms with Gasteiger partial charge >= 0.3 is 6.09 Å². The highest BCUT2D eigenvalue weighted by molar-refractivity contribution is 7.09.